The van der Waals surface area contributed by atoms with Gasteiger partial charge < -0.3 is 10.3 Å². The minimum absolute atomic E-state index is 0.443. The number of anilines is 1. The molecule has 1 saturated carbocycles. The topological polar surface area (TPSA) is 43.8 Å². The summed E-state index contributed by atoms with van der Waals surface area (Å²) in [4.78, 5) is 4.92. The first kappa shape index (κ1) is 14.4. The van der Waals surface area contributed by atoms with E-state index in [4.69, 9.17) is 10.7 Å². The van der Waals surface area contributed by atoms with Gasteiger partial charge in [0, 0.05) is 18.4 Å². The Morgan fingerprint density at radius 3 is 2.32 bits per heavy atom. The summed E-state index contributed by atoms with van der Waals surface area (Å²) in [6.07, 6.45) is 6.57. The van der Waals surface area contributed by atoms with Crippen molar-refractivity contribution in [3.63, 3.8) is 0 Å². The molecule has 0 spiro atoms. The summed E-state index contributed by atoms with van der Waals surface area (Å²) < 4.78 is 2.26. The Balaban J connectivity index is 2.33. The number of nitrogen functional groups attached to an aromatic ring is 1. The van der Waals surface area contributed by atoms with Crippen LogP contribution >= 0.6 is 0 Å². The van der Waals surface area contributed by atoms with Crippen molar-refractivity contribution in [3.8, 4) is 0 Å². The van der Waals surface area contributed by atoms with Crippen LogP contribution in [0.4, 0.5) is 5.82 Å². The molecule has 3 nitrogen and oxygen atoms in total. The SMILES string of the molecule is CC(C)Cn1c(C(C)C)nc(C2CCCCC2)c1N. The molecule has 0 bridgehead atoms. The Kier molecular flexibility index (Phi) is 4.54. The molecule has 108 valence electrons. The zero-order valence-corrected chi connectivity index (χ0v) is 12.9. The summed E-state index contributed by atoms with van der Waals surface area (Å²) in [5.74, 6) is 3.75. The van der Waals surface area contributed by atoms with Crippen LogP contribution in [0.15, 0.2) is 0 Å². The number of hydrogen-bond donors (Lipinski definition) is 1. The van der Waals surface area contributed by atoms with Crippen LogP contribution in [0.1, 0.15) is 83.2 Å². The van der Waals surface area contributed by atoms with E-state index in [1.54, 1.807) is 0 Å². The summed E-state index contributed by atoms with van der Waals surface area (Å²) in [5, 5.41) is 0. The van der Waals surface area contributed by atoms with Gasteiger partial charge in [-0.3, -0.25) is 0 Å². The lowest BCUT2D eigenvalue weighted by atomic mass is 9.87. The molecule has 2 rings (SSSR count). The average Bonchev–Trinajstić information content (AvgIpc) is 2.68. The van der Waals surface area contributed by atoms with Crippen LogP contribution in [0.25, 0.3) is 0 Å². The third kappa shape index (κ3) is 3.13. The molecule has 0 saturated heterocycles. The number of aromatic nitrogens is 2. The lowest BCUT2D eigenvalue weighted by Crippen LogP contribution is -2.13. The van der Waals surface area contributed by atoms with Gasteiger partial charge in [-0.15, -0.1) is 0 Å². The van der Waals surface area contributed by atoms with Crippen molar-refractivity contribution in [1.29, 1.82) is 0 Å². The minimum Gasteiger partial charge on any atom is -0.384 e. The van der Waals surface area contributed by atoms with Crippen LogP contribution < -0.4 is 5.73 Å². The van der Waals surface area contributed by atoms with E-state index >= 15 is 0 Å². The fourth-order valence-corrected chi connectivity index (χ4v) is 3.18. The van der Waals surface area contributed by atoms with Gasteiger partial charge in [0.25, 0.3) is 0 Å². The lowest BCUT2D eigenvalue weighted by molar-refractivity contribution is 0.438. The molecule has 0 atom stereocenters. The van der Waals surface area contributed by atoms with Crippen molar-refractivity contribution in [2.75, 3.05) is 5.73 Å². The zero-order valence-electron chi connectivity index (χ0n) is 12.9. The molecule has 0 radical (unpaired) electrons. The number of nitrogens with zero attached hydrogens (tertiary/aromatic N) is 2. The second-order valence-corrected chi connectivity index (χ2v) is 6.73. The first-order chi connectivity index (χ1) is 9.00. The van der Waals surface area contributed by atoms with Gasteiger partial charge in [0.1, 0.15) is 11.6 Å². The fourth-order valence-electron chi connectivity index (χ4n) is 3.18. The highest BCUT2D eigenvalue weighted by atomic mass is 15.1. The van der Waals surface area contributed by atoms with E-state index in [-0.39, 0.29) is 0 Å². The largest absolute Gasteiger partial charge is 0.384 e. The van der Waals surface area contributed by atoms with Crippen LogP contribution in [0, 0.1) is 5.92 Å². The Hall–Kier alpha value is -0.990. The standard InChI is InChI=1S/C16H29N3/c1-11(2)10-19-15(17)14(18-16(19)12(3)4)13-8-6-5-7-9-13/h11-13H,5-10,17H2,1-4H3. The van der Waals surface area contributed by atoms with Crippen LogP contribution in [0.3, 0.4) is 0 Å². The normalized spacial score (nSPS) is 17.6. The van der Waals surface area contributed by atoms with Crippen LogP contribution in [-0.4, -0.2) is 9.55 Å². The molecule has 19 heavy (non-hydrogen) atoms. The summed E-state index contributed by atoms with van der Waals surface area (Å²) in [7, 11) is 0. The van der Waals surface area contributed by atoms with E-state index in [0.717, 1.165) is 12.4 Å². The maximum atomic E-state index is 6.42. The van der Waals surface area contributed by atoms with Crippen molar-refractivity contribution in [1.82, 2.24) is 9.55 Å². The van der Waals surface area contributed by atoms with E-state index in [9.17, 15) is 0 Å². The molecule has 1 aromatic heterocycles. The average molecular weight is 263 g/mol. The Morgan fingerprint density at radius 1 is 1.16 bits per heavy atom. The van der Waals surface area contributed by atoms with Gasteiger partial charge in [0.2, 0.25) is 0 Å². The molecule has 1 fully saturated rings. The molecule has 0 unspecified atom stereocenters. The zero-order chi connectivity index (χ0) is 14.0. The van der Waals surface area contributed by atoms with E-state index in [2.05, 4.69) is 32.3 Å². The first-order valence-corrected chi connectivity index (χ1v) is 7.86. The highest BCUT2D eigenvalue weighted by molar-refractivity contribution is 5.41. The Labute approximate surface area is 117 Å². The predicted molar refractivity (Wildman–Crippen MR) is 81.4 cm³/mol. The summed E-state index contributed by atoms with van der Waals surface area (Å²) in [6.45, 7) is 9.89. The first-order valence-electron chi connectivity index (χ1n) is 7.86. The molecule has 2 N–H and O–H groups in total. The van der Waals surface area contributed by atoms with Gasteiger partial charge in [-0.2, -0.15) is 0 Å². The third-order valence-corrected chi connectivity index (χ3v) is 4.12. The highest BCUT2D eigenvalue weighted by Crippen LogP contribution is 2.36. The second kappa shape index (κ2) is 5.98. The maximum Gasteiger partial charge on any atom is 0.127 e. The Bertz CT molecular complexity index is 412. The molecule has 1 aliphatic carbocycles. The van der Waals surface area contributed by atoms with Gasteiger partial charge >= 0.3 is 0 Å². The summed E-state index contributed by atoms with van der Waals surface area (Å²) in [6, 6.07) is 0. The molecule has 1 aromatic rings. The monoisotopic (exact) mass is 263 g/mol. The fraction of sp³-hybridized carbons (Fsp3) is 0.812. The van der Waals surface area contributed by atoms with E-state index in [0.29, 0.717) is 17.8 Å². The molecule has 1 aliphatic rings. The number of hydrogen-bond acceptors (Lipinski definition) is 2. The molecular weight excluding hydrogens is 234 g/mol. The van der Waals surface area contributed by atoms with Gasteiger partial charge in [-0.25, -0.2) is 4.98 Å². The highest BCUT2D eigenvalue weighted by Gasteiger charge is 2.25. The van der Waals surface area contributed by atoms with E-state index < -0.39 is 0 Å². The lowest BCUT2D eigenvalue weighted by Gasteiger charge is -2.20. The van der Waals surface area contributed by atoms with Crippen LogP contribution in [-0.2, 0) is 6.54 Å². The summed E-state index contributed by atoms with van der Waals surface area (Å²) in [5.41, 5.74) is 7.61. The number of nitrogens with two attached hydrogens (primary N) is 1. The maximum absolute atomic E-state index is 6.42. The molecule has 1 heterocycles. The van der Waals surface area contributed by atoms with Crippen molar-refractivity contribution >= 4 is 5.82 Å². The minimum atomic E-state index is 0.443. The van der Waals surface area contributed by atoms with E-state index in [1.165, 1.54) is 43.6 Å². The molecule has 3 heteroatoms. The van der Waals surface area contributed by atoms with Crippen molar-refractivity contribution < 1.29 is 0 Å². The van der Waals surface area contributed by atoms with Crippen molar-refractivity contribution in [2.45, 2.75) is 78.2 Å². The Morgan fingerprint density at radius 2 is 1.79 bits per heavy atom. The number of rotatable bonds is 4. The smallest absolute Gasteiger partial charge is 0.127 e. The van der Waals surface area contributed by atoms with Gasteiger partial charge in [0.05, 0.1) is 5.69 Å². The third-order valence-electron chi connectivity index (χ3n) is 4.12. The van der Waals surface area contributed by atoms with Crippen molar-refractivity contribution in [2.24, 2.45) is 5.92 Å². The molecule has 0 aliphatic heterocycles. The summed E-state index contributed by atoms with van der Waals surface area (Å²) >= 11 is 0. The van der Waals surface area contributed by atoms with Gasteiger partial charge in [-0.05, 0) is 18.8 Å². The van der Waals surface area contributed by atoms with Crippen LogP contribution in [0.5, 0.6) is 0 Å². The van der Waals surface area contributed by atoms with Gasteiger partial charge in [-0.1, -0.05) is 47.0 Å². The van der Waals surface area contributed by atoms with Gasteiger partial charge in [0.15, 0.2) is 0 Å². The molecular formula is C16H29N3. The quantitative estimate of drug-likeness (QED) is 0.880. The molecule has 0 aromatic carbocycles. The second-order valence-electron chi connectivity index (χ2n) is 6.73. The van der Waals surface area contributed by atoms with E-state index in [1.807, 2.05) is 0 Å². The van der Waals surface area contributed by atoms with Crippen LogP contribution in [0.2, 0.25) is 0 Å². The number of imidazole rings is 1. The predicted octanol–water partition coefficient (Wildman–Crippen LogP) is 4.29. The molecule has 0 amide bonds. The van der Waals surface area contributed by atoms with Crippen molar-refractivity contribution in [3.05, 3.63) is 11.5 Å².